The molecule has 0 bridgehead atoms. The van der Waals surface area contributed by atoms with Gasteiger partial charge in [0.15, 0.2) is 9.91 Å². The fraction of sp³-hybridized carbons (Fsp3) is 0.300. The van der Waals surface area contributed by atoms with E-state index in [2.05, 4.69) is 15.5 Å². The summed E-state index contributed by atoms with van der Waals surface area (Å²) < 4.78 is 5.33. The number of aromatic nitrogens is 2. The van der Waals surface area contributed by atoms with Crippen molar-refractivity contribution in [3.8, 4) is 12.1 Å². The molecule has 0 aliphatic heterocycles. The van der Waals surface area contributed by atoms with Crippen LogP contribution in [0.25, 0.3) is 0 Å². The predicted octanol–water partition coefficient (Wildman–Crippen LogP) is 1.54. The average molecular weight is 295 g/mol. The normalized spacial score (nSPS) is 10.4. The molecule has 0 aliphatic carbocycles. The largest absolute Gasteiger partial charge is 0.462 e. The van der Waals surface area contributed by atoms with Gasteiger partial charge in [0.25, 0.3) is 0 Å². The number of esters is 1. The molecule has 1 heterocycles. The Bertz CT molecular complexity index is 555. The first-order valence-corrected chi connectivity index (χ1v) is 6.88. The third-order valence-electron chi connectivity index (χ3n) is 1.62. The molecule has 1 aromatic rings. The number of carbonyl (C=O) groups excluding carboxylic acids is 1. The van der Waals surface area contributed by atoms with Crippen molar-refractivity contribution >= 4 is 34.2 Å². The molecule has 0 fully saturated rings. The molecule has 0 radical (unpaired) electrons. The lowest BCUT2D eigenvalue weighted by molar-refractivity contribution is -0.138. The van der Waals surface area contributed by atoms with E-state index in [1.54, 1.807) is 13.0 Å². The van der Waals surface area contributed by atoms with E-state index in [4.69, 9.17) is 15.3 Å². The zero-order valence-corrected chi connectivity index (χ0v) is 11.5. The monoisotopic (exact) mass is 295 g/mol. The molecule has 9 heteroatoms. The highest BCUT2D eigenvalue weighted by molar-refractivity contribution is 8.01. The Hall–Kier alpha value is -2.10. The smallest absolute Gasteiger partial charge is 0.350 e. The van der Waals surface area contributed by atoms with E-state index in [0.29, 0.717) is 9.47 Å². The van der Waals surface area contributed by atoms with Crippen LogP contribution in [0, 0.1) is 22.7 Å². The fourth-order valence-corrected chi connectivity index (χ4v) is 2.28. The SMILES string of the molecule is CCOC(=O)/C(C#N)=C\Nc1nnc(SCC#N)s1. The second-order valence-electron chi connectivity index (χ2n) is 2.85. The lowest BCUT2D eigenvalue weighted by Gasteiger charge is -1.99. The molecule has 0 atom stereocenters. The first kappa shape index (κ1) is 15.0. The number of ether oxygens (including phenoxy) is 1. The summed E-state index contributed by atoms with van der Waals surface area (Å²) in [5, 5.41) is 28.0. The van der Waals surface area contributed by atoms with Crippen LogP contribution in [0.1, 0.15) is 6.92 Å². The quantitative estimate of drug-likeness (QED) is 0.364. The standard InChI is InChI=1S/C10H9N5O2S2/c1-2-17-8(16)7(5-12)6-13-9-14-15-10(19-9)18-4-3-11/h6H,2,4H2,1H3,(H,13,14)/b7-6-. The first-order chi connectivity index (χ1) is 9.21. The molecular weight excluding hydrogens is 286 g/mol. The Labute approximate surface area is 117 Å². The summed E-state index contributed by atoms with van der Waals surface area (Å²) in [5.41, 5.74) is -0.150. The molecule has 1 N–H and O–H groups in total. The zero-order chi connectivity index (χ0) is 14.1. The van der Waals surface area contributed by atoms with Crippen molar-refractivity contribution < 1.29 is 9.53 Å². The van der Waals surface area contributed by atoms with Crippen LogP contribution in [0.5, 0.6) is 0 Å². The summed E-state index contributed by atoms with van der Waals surface area (Å²) >= 11 is 2.48. The highest BCUT2D eigenvalue weighted by atomic mass is 32.2. The number of nitrogens with one attached hydrogen (secondary N) is 1. The summed E-state index contributed by atoms with van der Waals surface area (Å²) in [5.74, 6) is -0.405. The van der Waals surface area contributed by atoms with Crippen molar-refractivity contribution in [2.45, 2.75) is 11.3 Å². The summed E-state index contributed by atoms with van der Waals surface area (Å²) in [6, 6.07) is 3.71. The van der Waals surface area contributed by atoms with Gasteiger partial charge < -0.3 is 10.1 Å². The van der Waals surface area contributed by atoms with Crippen LogP contribution in [0.2, 0.25) is 0 Å². The van der Waals surface area contributed by atoms with Crippen LogP contribution in [-0.4, -0.2) is 28.5 Å². The lowest BCUT2D eigenvalue weighted by atomic mass is 10.3. The number of rotatable bonds is 6. The molecule has 0 aromatic carbocycles. The van der Waals surface area contributed by atoms with Gasteiger partial charge in [-0.05, 0) is 6.92 Å². The molecular formula is C10H9N5O2S2. The molecule has 0 saturated heterocycles. The third-order valence-corrected chi connectivity index (χ3v) is 3.48. The third kappa shape index (κ3) is 4.95. The van der Waals surface area contributed by atoms with Crippen LogP contribution < -0.4 is 5.32 Å². The molecule has 0 spiro atoms. The van der Waals surface area contributed by atoms with Crippen molar-refractivity contribution in [1.29, 1.82) is 10.5 Å². The minimum Gasteiger partial charge on any atom is -0.462 e. The van der Waals surface area contributed by atoms with Crippen molar-refractivity contribution in [2.75, 3.05) is 17.7 Å². The summed E-state index contributed by atoms with van der Waals surface area (Å²) in [4.78, 5) is 11.3. The van der Waals surface area contributed by atoms with Crippen molar-refractivity contribution in [3.05, 3.63) is 11.8 Å². The van der Waals surface area contributed by atoms with Crippen LogP contribution in [-0.2, 0) is 9.53 Å². The highest BCUT2D eigenvalue weighted by Gasteiger charge is 2.10. The number of nitrogens with zero attached hydrogens (tertiary/aromatic N) is 4. The van der Waals surface area contributed by atoms with Gasteiger partial charge >= 0.3 is 5.97 Å². The van der Waals surface area contributed by atoms with E-state index in [1.165, 1.54) is 29.3 Å². The molecule has 98 valence electrons. The van der Waals surface area contributed by atoms with E-state index in [1.807, 2.05) is 6.07 Å². The molecule has 0 amide bonds. The first-order valence-electron chi connectivity index (χ1n) is 5.08. The van der Waals surface area contributed by atoms with Gasteiger partial charge in [0.2, 0.25) is 5.13 Å². The zero-order valence-electron chi connectivity index (χ0n) is 9.91. The number of nitriles is 2. The molecule has 7 nitrogen and oxygen atoms in total. The second kappa shape index (κ2) is 8.08. The van der Waals surface area contributed by atoms with Gasteiger partial charge in [0.1, 0.15) is 6.07 Å². The molecule has 0 saturated carbocycles. The second-order valence-corrected chi connectivity index (χ2v) is 5.05. The Balaban J connectivity index is 2.64. The summed E-state index contributed by atoms with van der Waals surface area (Å²) in [7, 11) is 0. The van der Waals surface area contributed by atoms with Crippen LogP contribution in [0.3, 0.4) is 0 Å². The maximum Gasteiger partial charge on any atom is 0.350 e. The van der Waals surface area contributed by atoms with Crippen LogP contribution >= 0.6 is 23.1 Å². The Morgan fingerprint density at radius 2 is 2.37 bits per heavy atom. The number of carbonyl (C=O) groups is 1. The maximum atomic E-state index is 11.3. The van der Waals surface area contributed by atoms with Gasteiger partial charge in [-0.1, -0.05) is 23.1 Å². The minimum absolute atomic E-state index is 0.150. The van der Waals surface area contributed by atoms with E-state index in [-0.39, 0.29) is 17.9 Å². The molecule has 0 unspecified atom stereocenters. The minimum atomic E-state index is -0.693. The Morgan fingerprint density at radius 3 is 3.00 bits per heavy atom. The summed E-state index contributed by atoms with van der Waals surface area (Å²) in [6.45, 7) is 1.86. The average Bonchev–Trinajstić information content (AvgIpc) is 2.85. The van der Waals surface area contributed by atoms with Crippen LogP contribution in [0.15, 0.2) is 16.1 Å². The topological polar surface area (TPSA) is 112 Å². The van der Waals surface area contributed by atoms with Gasteiger partial charge in [0, 0.05) is 6.20 Å². The van der Waals surface area contributed by atoms with Gasteiger partial charge in [-0.2, -0.15) is 10.5 Å². The van der Waals surface area contributed by atoms with Crippen molar-refractivity contribution in [1.82, 2.24) is 10.2 Å². The Morgan fingerprint density at radius 1 is 1.58 bits per heavy atom. The lowest BCUT2D eigenvalue weighted by Crippen LogP contribution is -2.07. The van der Waals surface area contributed by atoms with E-state index in [0.717, 1.165) is 0 Å². The van der Waals surface area contributed by atoms with Crippen LogP contribution in [0.4, 0.5) is 5.13 Å². The molecule has 1 aromatic heterocycles. The van der Waals surface area contributed by atoms with Gasteiger partial charge in [-0.25, -0.2) is 4.79 Å². The van der Waals surface area contributed by atoms with Crippen molar-refractivity contribution in [2.24, 2.45) is 0 Å². The highest BCUT2D eigenvalue weighted by Crippen LogP contribution is 2.25. The summed E-state index contributed by atoms with van der Waals surface area (Å²) in [6.07, 6.45) is 1.22. The molecule has 0 aliphatic rings. The number of hydrogen-bond donors (Lipinski definition) is 1. The van der Waals surface area contributed by atoms with Crippen molar-refractivity contribution in [3.63, 3.8) is 0 Å². The van der Waals surface area contributed by atoms with Gasteiger partial charge in [-0.15, -0.1) is 10.2 Å². The van der Waals surface area contributed by atoms with Gasteiger partial charge in [0.05, 0.1) is 18.4 Å². The molecule has 19 heavy (non-hydrogen) atoms. The number of hydrogen-bond acceptors (Lipinski definition) is 9. The molecule has 1 rings (SSSR count). The number of anilines is 1. The van der Waals surface area contributed by atoms with E-state index < -0.39 is 5.97 Å². The van der Waals surface area contributed by atoms with E-state index in [9.17, 15) is 4.79 Å². The number of thioether (sulfide) groups is 1. The van der Waals surface area contributed by atoms with E-state index >= 15 is 0 Å². The predicted molar refractivity (Wildman–Crippen MR) is 70.2 cm³/mol. The fourth-order valence-electron chi connectivity index (χ4n) is 0.900. The maximum absolute atomic E-state index is 11.3. The van der Waals surface area contributed by atoms with Gasteiger partial charge in [-0.3, -0.25) is 0 Å². The Kier molecular flexibility index (Phi) is 6.36.